The van der Waals surface area contributed by atoms with Crippen molar-refractivity contribution in [2.75, 3.05) is 6.61 Å². The summed E-state index contributed by atoms with van der Waals surface area (Å²) in [4.78, 5) is 16.8. The monoisotopic (exact) mass is 299 g/mol. The molecule has 1 heterocycles. The molecule has 0 aliphatic rings. The van der Waals surface area contributed by atoms with Gasteiger partial charge in [0.2, 0.25) is 5.88 Å². The highest BCUT2D eigenvalue weighted by Crippen LogP contribution is 2.23. The van der Waals surface area contributed by atoms with Crippen LogP contribution in [-0.4, -0.2) is 17.6 Å². The van der Waals surface area contributed by atoms with E-state index in [1.807, 2.05) is 38.1 Å². The number of hydrogen-bond donors (Lipinski definition) is 0. The minimum absolute atomic E-state index is 0.354. The lowest BCUT2D eigenvalue weighted by Crippen LogP contribution is -2.14. The molecule has 2 rings (SSSR count). The van der Waals surface area contributed by atoms with E-state index < -0.39 is 5.97 Å². The number of carbonyl (C=O) groups is 1. The molecular weight excluding hydrogens is 278 g/mol. The Kier molecular flexibility index (Phi) is 5.53. The van der Waals surface area contributed by atoms with E-state index >= 15 is 0 Å². The number of pyridine rings is 1. The van der Waals surface area contributed by atoms with Gasteiger partial charge in [0.15, 0.2) is 0 Å². The van der Waals surface area contributed by atoms with Gasteiger partial charge in [-0.2, -0.15) is 0 Å². The number of aromatic nitrogens is 1. The van der Waals surface area contributed by atoms with E-state index in [1.165, 1.54) is 0 Å². The molecule has 0 saturated heterocycles. The Bertz CT molecular complexity index is 638. The molecule has 0 bridgehead atoms. The topological polar surface area (TPSA) is 48.4 Å². The normalized spacial score (nSPS) is 10.3. The summed E-state index contributed by atoms with van der Waals surface area (Å²) >= 11 is 0. The predicted octanol–water partition coefficient (Wildman–Crippen LogP) is 4.10. The van der Waals surface area contributed by atoms with Crippen molar-refractivity contribution in [3.63, 3.8) is 0 Å². The van der Waals surface area contributed by atoms with Gasteiger partial charge in [0.25, 0.3) is 0 Å². The highest BCUT2D eigenvalue weighted by atomic mass is 16.5. The van der Waals surface area contributed by atoms with Crippen LogP contribution in [0.2, 0.25) is 0 Å². The maximum Gasteiger partial charge on any atom is 0.349 e. The fourth-order valence-electron chi connectivity index (χ4n) is 2.12. The Morgan fingerprint density at radius 3 is 2.59 bits per heavy atom. The zero-order valence-electron chi connectivity index (χ0n) is 13.3. The van der Waals surface area contributed by atoms with Crippen molar-refractivity contribution in [2.45, 2.75) is 33.6 Å². The Morgan fingerprint density at radius 1 is 1.18 bits per heavy atom. The van der Waals surface area contributed by atoms with Crippen molar-refractivity contribution in [1.82, 2.24) is 4.98 Å². The zero-order valence-corrected chi connectivity index (χ0v) is 13.3. The van der Waals surface area contributed by atoms with Gasteiger partial charge in [-0.3, -0.25) is 0 Å². The van der Waals surface area contributed by atoms with Crippen LogP contribution < -0.4 is 9.47 Å². The number of nitrogens with zero attached hydrogens (tertiary/aromatic N) is 1. The van der Waals surface area contributed by atoms with Gasteiger partial charge in [0.1, 0.15) is 11.3 Å². The van der Waals surface area contributed by atoms with Gasteiger partial charge in [-0.15, -0.1) is 0 Å². The molecule has 0 N–H and O–H groups in total. The molecule has 4 heteroatoms. The summed E-state index contributed by atoms with van der Waals surface area (Å²) in [6, 6.07) is 10.9. The molecule has 0 spiro atoms. The highest BCUT2D eigenvalue weighted by Gasteiger charge is 2.20. The third-order valence-electron chi connectivity index (χ3n) is 3.21. The third kappa shape index (κ3) is 4.07. The van der Waals surface area contributed by atoms with Crippen LogP contribution in [0.15, 0.2) is 36.4 Å². The molecule has 0 aliphatic heterocycles. The summed E-state index contributed by atoms with van der Waals surface area (Å²) in [5.74, 6) is 0.418. The van der Waals surface area contributed by atoms with Crippen molar-refractivity contribution >= 4 is 5.97 Å². The minimum Gasteiger partial charge on any atom is -0.477 e. The highest BCUT2D eigenvalue weighted by molar-refractivity contribution is 5.95. The van der Waals surface area contributed by atoms with E-state index in [0.717, 1.165) is 24.1 Å². The van der Waals surface area contributed by atoms with E-state index in [9.17, 15) is 4.79 Å². The largest absolute Gasteiger partial charge is 0.477 e. The Balaban J connectivity index is 2.25. The lowest BCUT2D eigenvalue weighted by molar-refractivity contribution is 0.0728. The Morgan fingerprint density at radius 2 is 1.91 bits per heavy atom. The first-order valence-electron chi connectivity index (χ1n) is 7.50. The number of rotatable bonds is 6. The van der Waals surface area contributed by atoms with Crippen LogP contribution in [0.4, 0.5) is 0 Å². The van der Waals surface area contributed by atoms with Crippen LogP contribution in [0.3, 0.4) is 0 Å². The molecule has 0 atom stereocenters. The molecule has 2 aromatic rings. The lowest BCUT2D eigenvalue weighted by Gasteiger charge is -2.13. The summed E-state index contributed by atoms with van der Waals surface area (Å²) in [7, 11) is 0. The molecule has 0 fully saturated rings. The van der Waals surface area contributed by atoms with Crippen molar-refractivity contribution in [1.29, 1.82) is 0 Å². The molecular formula is C18H21NO3. The average Bonchev–Trinajstić information content (AvgIpc) is 2.47. The second-order valence-corrected chi connectivity index (χ2v) is 5.17. The predicted molar refractivity (Wildman–Crippen MR) is 85.5 cm³/mol. The SMILES string of the molecule is CCCCOc1nc(C)cc(C)c1C(=O)Oc1ccccc1. The maximum atomic E-state index is 12.5. The van der Waals surface area contributed by atoms with E-state index in [-0.39, 0.29) is 0 Å². The second kappa shape index (κ2) is 7.59. The maximum absolute atomic E-state index is 12.5. The van der Waals surface area contributed by atoms with Crippen molar-refractivity contribution in [3.05, 3.63) is 53.2 Å². The lowest BCUT2D eigenvalue weighted by atomic mass is 10.1. The smallest absolute Gasteiger partial charge is 0.349 e. The van der Waals surface area contributed by atoms with Crippen LogP contribution in [0.5, 0.6) is 11.6 Å². The number of benzene rings is 1. The molecule has 4 nitrogen and oxygen atoms in total. The van der Waals surface area contributed by atoms with E-state index in [4.69, 9.17) is 9.47 Å². The van der Waals surface area contributed by atoms with Gasteiger partial charge < -0.3 is 9.47 Å². The van der Waals surface area contributed by atoms with Gasteiger partial charge in [0.05, 0.1) is 6.61 Å². The molecule has 22 heavy (non-hydrogen) atoms. The zero-order chi connectivity index (χ0) is 15.9. The fraction of sp³-hybridized carbons (Fsp3) is 0.333. The molecule has 1 aromatic carbocycles. The van der Waals surface area contributed by atoms with Crippen molar-refractivity contribution < 1.29 is 14.3 Å². The van der Waals surface area contributed by atoms with Gasteiger partial charge in [-0.05, 0) is 44.0 Å². The molecule has 0 unspecified atom stereocenters. The summed E-state index contributed by atoms with van der Waals surface area (Å²) in [5, 5.41) is 0. The number of hydrogen-bond acceptors (Lipinski definition) is 4. The second-order valence-electron chi connectivity index (χ2n) is 5.17. The first-order valence-corrected chi connectivity index (χ1v) is 7.50. The molecule has 0 saturated carbocycles. The fourth-order valence-corrected chi connectivity index (χ4v) is 2.12. The van der Waals surface area contributed by atoms with Gasteiger partial charge >= 0.3 is 5.97 Å². The Labute approximate surface area is 131 Å². The third-order valence-corrected chi connectivity index (χ3v) is 3.21. The molecule has 0 aliphatic carbocycles. The summed E-state index contributed by atoms with van der Waals surface area (Å²) in [6.07, 6.45) is 1.94. The van der Waals surface area contributed by atoms with Crippen molar-refractivity contribution in [2.24, 2.45) is 0 Å². The first-order chi connectivity index (χ1) is 10.6. The number of carbonyl (C=O) groups excluding carboxylic acids is 1. The van der Waals surface area contributed by atoms with E-state index in [2.05, 4.69) is 11.9 Å². The van der Waals surface area contributed by atoms with Crippen LogP contribution in [0.1, 0.15) is 41.4 Å². The molecule has 0 amide bonds. The van der Waals surface area contributed by atoms with Crippen molar-refractivity contribution in [3.8, 4) is 11.6 Å². The van der Waals surface area contributed by atoms with Crippen LogP contribution in [0.25, 0.3) is 0 Å². The van der Waals surface area contributed by atoms with Gasteiger partial charge in [-0.1, -0.05) is 31.5 Å². The quantitative estimate of drug-likeness (QED) is 0.458. The minimum atomic E-state index is -0.442. The summed E-state index contributed by atoms with van der Waals surface area (Å²) in [5.41, 5.74) is 2.02. The van der Waals surface area contributed by atoms with Gasteiger partial charge in [0, 0.05) is 5.69 Å². The molecule has 116 valence electrons. The van der Waals surface area contributed by atoms with Crippen LogP contribution in [0, 0.1) is 13.8 Å². The number of unbranched alkanes of at least 4 members (excludes halogenated alkanes) is 1. The standard InChI is InChI=1S/C18H21NO3/c1-4-5-11-21-17-16(13(2)12-14(3)19-17)18(20)22-15-9-7-6-8-10-15/h6-10,12H,4-5,11H2,1-3H3. The average molecular weight is 299 g/mol. The number of ether oxygens (including phenoxy) is 2. The van der Waals surface area contributed by atoms with Gasteiger partial charge in [-0.25, -0.2) is 9.78 Å². The number of aryl methyl sites for hydroxylation is 2. The Hall–Kier alpha value is -2.36. The van der Waals surface area contributed by atoms with E-state index in [1.54, 1.807) is 12.1 Å². The first kappa shape index (κ1) is 16.0. The molecule has 1 aromatic heterocycles. The van der Waals surface area contributed by atoms with E-state index in [0.29, 0.717) is 23.8 Å². The number of esters is 1. The summed E-state index contributed by atoms with van der Waals surface area (Å²) < 4.78 is 11.1. The van der Waals surface area contributed by atoms with Crippen LogP contribution >= 0.6 is 0 Å². The molecule has 0 radical (unpaired) electrons. The summed E-state index contributed by atoms with van der Waals surface area (Å²) in [6.45, 7) is 6.37. The number of para-hydroxylation sites is 1. The van der Waals surface area contributed by atoms with Crippen LogP contribution in [-0.2, 0) is 0 Å².